The van der Waals surface area contributed by atoms with Crippen LogP contribution in [0.3, 0.4) is 0 Å². The number of carbonyl (C=O) groups is 3. The average molecular weight is 651 g/mol. The third-order valence-corrected chi connectivity index (χ3v) is 19.1. The number of ketones is 2. The van der Waals surface area contributed by atoms with Crippen LogP contribution in [-0.4, -0.2) is 52.5 Å². The van der Waals surface area contributed by atoms with E-state index in [4.69, 9.17) is 13.6 Å². The lowest BCUT2D eigenvalue weighted by molar-refractivity contribution is -0.158. The average Bonchev–Trinajstić information content (AvgIpc) is 2.94. The number of ether oxygens (including phenoxy) is 1. The Hall–Kier alpha value is -1.62. The van der Waals surface area contributed by atoms with Crippen LogP contribution in [0.1, 0.15) is 102 Å². The molecule has 0 bridgehead atoms. The van der Waals surface area contributed by atoms with Crippen molar-refractivity contribution < 1.29 is 28.0 Å². The summed E-state index contributed by atoms with van der Waals surface area (Å²) < 4.78 is 19.6. The zero-order chi connectivity index (χ0) is 34.7. The minimum atomic E-state index is -2.24. The molecule has 0 N–H and O–H groups in total. The fourth-order valence-electron chi connectivity index (χ4n) is 5.23. The summed E-state index contributed by atoms with van der Waals surface area (Å²) >= 11 is 0. The van der Waals surface area contributed by atoms with Crippen molar-refractivity contribution in [2.75, 3.05) is 0 Å². The molecule has 6 nitrogen and oxygen atoms in total. The molecule has 0 aliphatic carbocycles. The predicted molar refractivity (Wildman–Crippen MR) is 190 cm³/mol. The molecule has 0 aromatic rings. The van der Waals surface area contributed by atoms with E-state index in [1.165, 1.54) is 6.92 Å². The van der Waals surface area contributed by atoms with E-state index in [0.717, 1.165) is 23.7 Å². The summed E-state index contributed by atoms with van der Waals surface area (Å²) in [5.41, 5.74) is 0.0373. The lowest BCUT2D eigenvalue weighted by Crippen LogP contribution is -2.53. The lowest BCUT2D eigenvalue weighted by atomic mass is 9.73. The smallest absolute Gasteiger partial charge is 0.309 e. The van der Waals surface area contributed by atoms with Gasteiger partial charge in [0.2, 0.25) is 0 Å². The summed E-state index contributed by atoms with van der Waals surface area (Å²) in [5, 5.41) is -0.0267. The van der Waals surface area contributed by atoms with E-state index >= 15 is 0 Å². The van der Waals surface area contributed by atoms with E-state index in [9.17, 15) is 14.4 Å². The standard InChI is InChI=1S/C36H66O6Si2/c1-17-22-26(6)23-24-30(29(9)37)40-32(38)25-31(41-44(19-3,20-4)21-5)36(13,14)34(39)28(8)33(27(7)18-2)42-43(15,16)35(10,11)12/h17-18,23,27-28,30-31,33H,1-2,19-22,24-25H2,3-16H3/b26-23-/t27-,28+,30-,31-,33-/m0/s1. The minimum Gasteiger partial charge on any atom is -0.454 e. The van der Waals surface area contributed by atoms with Crippen molar-refractivity contribution >= 4 is 34.2 Å². The summed E-state index contributed by atoms with van der Waals surface area (Å²) in [7, 11) is -4.46. The molecular weight excluding hydrogens is 585 g/mol. The summed E-state index contributed by atoms with van der Waals surface area (Å²) in [4.78, 5) is 40.4. The third-order valence-electron chi connectivity index (χ3n) is 10.0. The van der Waals surface area contributed by atoms with Gasteiger partial charge in [-0.05, 0) is 62.5 Å². The van der Waals surface area contributed by atoms with Gasteiger partial charge in [-0.2, -0.15) is 0 Å². The van der Waals surface area contributed by atoms with Crippen LogP contribution in [-0.2, 0) is 28.0 Å². The topological polar surface area (TPSA) is 78.9 Å². The second-order valence-electron chi connectivity index (χ2n) is 14.7. The number of hydrogen-bond donors (Lipinski definition) is 0. The molecule has 0 aromatic carbocycles. The first-order valence-corrected chi connectivity index (χ1v) is 22.0. The van der Waals surface area contributed by atoms with Crippen LogP contribution in [0.5, 0.6) is 0 Å². The molecule has 0 aliphatic heterocycles. The maximum absolute atomic E-state index is 14.5. The first-order chi connectivity index (χ1) is 20.1. The molecular formula is C36H66O6Si2. The van der Waals surface area contributed by atoms with Crippen LogP contribution < -0.4 is 0 Å². The van der Waals surface area contributed by atoms with Gasteiger partial charge in [0.05, 0.1) is 18.6 Å². The summed E-state index contributed by atoms with van der Waals surface area (Å²) in [6.45, 7) is 36.3. The van der Waals surface area contributed by atoms with Crippen LogP contribution in [0.25, 0.3) is 0 Å². The molecule has 0 saturated carbocycles. The van der Waals surface area contributed by atoms with Crippen molar-refractivity contribution in [1.82, 2.24) is 0 Å². The van der Waals surface area contributed by atoms with Gasteiger partial charge in [-0.3, -0.25) is 14.4 Å². The van der Waals surface area contributed by atoms with Gasteiger partial charge in [0.25, 0.3) is 0 Å². The third kappa shape index (κ3) is 12.0. The van der Waals surface area contributed by atoms with E-state index in [1.807, 2.05) is 46.8 Å². The van der Waals surface area contributed by atoms with Crippen molar-refractivity contribution in [1.29, 1.82) is 0 Å². The van der Waals surface area contributed by atoms with Gasteiger partial charge in [0.15, 0.2) is 28.5 Å². The van der Waals surface area contributed by atoms with Gasteiger partial charge < -0.3 is 13.6 Å². The van der Waals surface area contributed by atoms with Crippen LogP contribution >= 0.6 is 0 Å². The molecule has 254 valence electrons. The lowest BCUT2D eigenvalue weighted by Gasteiger charge is -2.45. The van der Waals surface area contributed by atoms with E-state index in [0.29, 0.717) is 12.8 Å². The fraction of sp³-hybridized carbons (Fsp3) is 0.750. The maximum atomic E-state index is 14.5. The number of carbonyl (C=O) groups excluding carboxylic acids is 3. The van der Waals surface area contributed by atoms with Crippen LogP contribution in [0.15, 0.2) is 37.0 Å². The van der Waals surface area contributed by atoms with Crippen molar-refractivity contribution in [3.05, 3.63) is 37.0 Å². The molecule has 0 radical (unpaired) electrons. The monoisotopic (exact) mass is 650 g/mol. The van der Waals surface area contributed by atoms with E-state index < -0.39 is 46.1 Å². The highest BCUT2D eigenvalue weighted by molar-refractivity contribution is 6.74. The highest BCUT2D eigenvalue weighted by atomic mass is 28.4. The van der Waals surface area contributed by atoms with Gasteiger partial charge in [-0.25, -0.2) is 0 Å². The molecule has 0 aromatic heterocycles. The Balaban J connectivity index is 6.55. The van der Waals surface area contributed by atoms with E-state index in [-0.39, 0.29) is 35.0 Å². The number of allylic oxidation sites excluding steroid dienone is 2. The molecule has 0 amide bonds. The maximum Gasteiger partial charge on any atom is 0.309 e. The van der Waals surface area contributed by atoms with Crippen molar-refractivity contribution in [3.63, 3.8) is 0 Å². The molecule has 0 rings (SSSR count). The molecule has 8 heteroatoms. The van der Waals surface area contributed by atoms with Gasteiger partial charge in [-0.15, -0.1) is 13.2 Å². The van der Waals surface area contributed by atoms with Crippen LogP contribution in [0.4, 0.5) is 0 Å². The predicted octanol–water partition coefficient (Wildman–Crippen LogP) is 9.62. The molecule has 0 spiro atoms. The van der Waals surface area contributed by atoms with Gasteiger partial charge in [0, 0.05) is 17.8 Å². The van der Waals surface area contributed by atoms with Crippen molar-refractivity contribution in [2.24, 2.45) is 17.3 Å². The second-order valence-corrected chi connectivity index (χ2v) is 24.2. The highest BCUT2D eigenvalue weighted by Gasteiger charge is 2.49. The van der Waals surface area contributed by atoms with E-state index in [2.05, 4.69) is 67.8 Å². The van der Waals surface area contributed by atoms with Crippen LogP contribution in [0.2, 0.25) is 36.3 Å². The Morgan fingerprint density at radius 2 is 1.41 bits per heavy atom. The van der Waals surface area contributed by atoms with Crippen LogP contribution in [0, 0.1) is 17.3 Å². The van der Waals surface area contributed by atoms with Crippen molar-refractivity contribution in [3.8, 4) is 0 Å². The first-order valence-electron chi connectivity index (χ1n) is 16.6. The van der Waals surface area contributed by atoms with Crippen molar-refractivity contribution in [2.45, 2.75) is 157 Å². The molecule has 44 heavy (non-hydrogen) atoms. The van der Waals surface area contributed by atoms with E-state index in [1.54, 1.807) is 6.08 Å². The number of hydrogen-bond acceptors (Lipinski definition) is 6. The van der Waals surface area contributed by atoms with Gasteiger partial charge in [0.1, 0.15) is 5.78 Å². The number of rotatable bonds is 21. The Bertz CT molecular complexity index is 994. The SMILES string of the molecule is C=CC/C(C)=C\C[C@H](OC(=O)C[C@H](O[Si](CC)(CC)CC)C(C)(C)C(=O)[C@H](C)[C@@H](O[Si](C)(C)C(C)(C)C)[C@@H](C)C=C)C(C)=O. The number of esters is 1. The number of Topliss-reactive ketones (excluding diaryl/α,β-unsaturated/α-hetero) is 2. The Morgan fingerprint density at radius 3 is 1.82 bits per heavy atom. The molecule has 0 saturated heterocycles. The normalized spacial score (nSPS) is 16.8. The first kappa shape index (κ1) is 42.4. The molecule has 5 atom stereocenters. The second kappa shape index (κ2) is 17.9. The molecule has 0 fully saturated rings. The fourth-order valence-corrected chi connectivity index (χ4v) is 9.67. The summed E-state index contributed by atoms with van der Waals surface area (Å²) in [6, 6.07) is 2.62. The largest absolute Gasteiger partial charge is 0.454 e. The minimum absolute atomic E-state index is 0.00924. The Morgan fingerprint density at radius 1 is 0.886 bits per heavy atom. The quantitative estimate of drug-likeness (QED) is 0.0699. The van der Waals surface area contributed by atoms with Gasteiger partial charge in [-0.1, -0.05) is 93.0 Å². The molecule has 0 heterocycles. The zero-order valence-electron chi connectivity index (χ0n) is 30.7. The zero-order valence-corrected chi connectivity index (χ0v) is 32.7. The summed E-state index contributed by atoms with van der Waals surface area (Å²) in [6.07, 6.45) is 4.52. The Labute approximate surface area is 272 Å². The Kier molecular flexibility index (Phi) is 17.3. The van der Waals surface area contributed by atoms with Gasteiger partial charge >= 0.3 is 5.97 Å². The highest BCUT2D eigenvalue weighted by Crippen LogP contribution is 2.42. The summed E-state index contributed by atoms with van der Waals surface area (Å²) in [5.74, 6) is -1.26. The molecule has 0 aliphatic rings. The molecule has 0 unspecified atom stereocenters.